The van der Waals surface area contributed by atoms with Crippen molar-refractivity contribution in [2.24, 2.45) is 16.5 Å². The molecule has 2 amide bonds. The number of nitrogens with zero attached hydrogens (tertiary/aromatic N) is 3. The number of primary amides is 2. The lowest BCUT2D eigenvalue weighted by molar-refractivity contribution is -0.118. The predicted molar refractivity (Wildman–Crippen MR) is 110 cm³/mol. The lowest BCUT2D eigenvalue weighted by Crippen LogP contribution is -2.26. The highest BCUT2D eigenvalue weighted by molar-refractivity contribution is 5.97. The van der Waals surface area contributed by atoms with Crippen molar-refractivity contribution < 1.29 is 14.3 Å². The smallest absolute Gasteiger partial charge is 0.265 e. The summed E-state index contributed by atoms with van der Waals surface area (Å²) in [5.41, 5.74) is 12.5. The molecule has 9 nitrogen and oxygen atoms in total. The molecule has 1 aromatic carbocycles. The van der Waals surface area contributed by atoms with Gasteiger partial charge in [0.1, 0.15) is 17.5 Å². The first-order valence-electron chi connectivity index (χ1n) is 8.61. The van der Waals surface area contributed by atoms with Crippen molar-refractivity contribution in [3.05, 3.63) is 66.3 Å². The molecule has 1 heterocycles. The first kappa shape index (κ1) is 21.3. The molecule has 0 aliphatic carbocycles. The molecule has 0 radical (unpaired) electrons. The Morgan fingerprint density at radius 2 is 1.90 bits per heavy atom. The largest absolute Gasteiger partial charge is 0.438 e. The second-order valence-corrected chi connectivity index (χ2v) is 6.05. The van der Waals surface area contributed by atoms with Gasteiger partial charge in [-0.1, -0.05) is 6.58 Å². The standard InChI is InChI=1S/C20H22N6O3/c1-12-10-25-18(11-24-12)29-16-6-4-15(5-7-16)13(2)26-17(20(22)28)8-9-23-14(3)19(21)27/h4-11,14,26H,2H2,1,3H3,(H2,21,27)(H2,22,28)/t14-/m0/s1. The number of aromatic nitrogens is 2. The van der Waals surface area contributed by atoms with Crippen molar-refractivity contribution >= 4 is 23.7 Å². The number of rotatable bonds is 9. The molecule has 0 unspecified atom stereocenters. The van der Waals surface area contributed by atoms with Gasteiger partial charge in [0.25, 0.3) is 5.91 Å². The molecule has 9 heteroatoms. The van der Waals surface area contributed by atoms with E-state index < -0.39 is 17.9 Å². The van der Waals surface area contributed by atoms with Gasteiger partial charge in [0.05, 0.1) is 18.1 Å². The summed E-state index contributed by atoms with van der Waals surface area (Å²) >= 11 is 0. The highest BCUT2D eigenvalue weighted by Crippen LogP contribution is 2.21. The monoisotopic (exact) mass is 394 g/mol. The number of hydrogen-bond donors (Lipinski definition) is 3. The van der Waals surface area contributed by atoms with Gasteiger partial charge < -0.3 is 21.5 Å². The van der Waals surface area contributed by atoms with Crippen LogP contribution in [0.3, 0.4) is 0 Å². The SMILES string of the molecule is C=C(NC(=CC=N[C@@H](C)C(N)=O)C(N)=O)c1ccc(Oc2cnc(C)cn2)cc1. The zero-order valence-electron chi connectivity index (χ0n) is 16.1. The topological polar surface area (TPSA) is 146 Å². The van der Waals surface area contributed by atoms with Gasteiger partial charge in [0.15, 0.2) is 0 Å². The van der Waals surface area contributed by atoms with Gasteiger partial charge in [0, 0.05) is 11.9 Å². The number of allylic oxidation sites excluding steroid dienone is 1. The molecule has 29 heavy (non-hydrogen) atoms. The van der Waals surface area contributed by atoms with Crippen LogP contribution < -0.4 is 21.5 Å². The molecule has 1 aromatic heterocycles. The molecule has 0 saturated heterocycles. The Bertz CT molecular complexity index is 949. The number of nitrogens with two attached hydrogens (primary N) is 2. The summed E-state index contributed by atoms with van der Waals surface area (Å²) in [7, 11) is 0. The van der Waals surface area contributed by atoms with E-state index in [-0.39, 0.29) is 5.70 Å². The summed E-state index contributed by atoms with van der Waals surface area (Å²) in [6.45, 7) is 7.27. The van der Waals surface area contributed by atoms with E-state index in [0.29, 0.717) is 22.9 Å². The predicted octanol–water partition coefficient (Wildman–Crippen LogP) is 1.45. The summed E-state index contributed by atoms with van der Waals surface area (Å²) in [6.07, 6.45) is 5.78. The minimum atomic E-state index is -0.714. The number of carbonyl (C=O) groups excluding carboxylic acids is 2. The number of benzene rings is 1. The fraction of sp³-hybridized carbons (Fsp3) is 0.150. The fourth-order valence-electron chi connectivity index (χ4n) is 2.02. The highest BCUT2D eigenvalue weighted by atomic mass is 16.5. The number of ether oxygens (including phenoxy) is 1. The second-order valence-electron chi connectivity index (χ2n) is 6.05. The normalized spacial score (nSPS) is 12.4. The molecule has 5 N–H and O–H groups in total. The molecule has 1 atom stereocenters. The number of aliphatic imine (C=N–C) groups is 1. The third kappa shape index (κ3) is 6.58. The van der Waals surface area contributed by atoms with Crippen LogP contribution in [-0.2, 0) is 9.59 Å². The minimum Gasteiger partial charge on any atom is -0.438 e. The molecule has 0 spiro atoms. The lowest BCUT2D eigenvalue weighted by Gasteiger charge is -2.11. The number of nitrogens with one attached hydrogen (secondary N) is 1. The Hall–Kier alpha value is -4.01. The maximum atomic E-state index is 11.6. The first-order chi connectivity index (χ1) is 13.8. The van der Waals surface area contributed by atoms with E-state index in [9.17, 15) is 9.59 Å². The average molecular weight is 394 g/mol. The van der Waals surface area contributed by atoms with Crippen LogP contribution in [0, 0.1) is 6.92 Å². The Balaban J connectivity index is 2.05. The molecule has 0 aliphatic rings. The maximum Gasteiger partial charge on any atom is 0.265 e. The average Bonchev–Trinajstić information content (AvgIpc) is 2.69. The van der Waals surface area contributed by atoms with Crippen LogP contribution in [0.4, 0.5) is 0 Å². The van der Waals surface area contributed by atoms with Crippen molar-refractivity contribution in [2.45, 2.75) is 19.9 Å². The van der Waals surface area contributed by atoms with Gasteiger partial charge in [-0.2, -0.15) is 0 Å². The van der Waals surface area contributed by atoms with Crippen LogP contribution in [0.5, 0.6) is 11.6 Å². The number of amides is 2. The minimum absolute atomic E-state index is 0.0608. The van der Waals surface area contributed by atoms with Crippen LogP contribution in [0.15, 0.2) is 60.0 Å². The van der Waals surface area contributed by atoms with Gasteiger partial charge >= 0.3 is 0 Å². The van der Waals surface area contributed by atoms with Crippen LogP contribution >= 0.6 is 0 Å². The Morgan fingerprint density at radius 1 is 1.21 bits per heavy atom. The summed E-state index contributed by atoms with van der Waals surface area (Å²) in [5, 5.41) is 2.83. The second kappa shape index (κ2) is 9.79. The van der Waals surface area contributed by atoms with E-state index in [1.807, 2.05) is 6.92 Å². The van der Waals surface area contributed by atoms with E-state index >= 15 is 0 Å². The zero-order valence-corrected chi connectivity index (χ0v) is 16.1. The van der Waals surface area contributed by atoms with Crippen molar-refractivity contribution in [3.63, 3.8) is 0 Å². The lowest BCUT2D eigenvalue weighted by atomic mass is 10.1. The van der Waals surface area contributed by atoms with Gasteiger partial charge in [-0.3, -0.25) is 19.6 Å². The quantitative estimate of drug-likeness (QED) is 0.433. The third-order valence-corrected chi connectivity index (χ3v) is 3.70. The van der Waals surface area contributed by atoms with Crippen molar-refractivity contribution in [2.75, 3.05) is 0 Å². The van der Waals surface area contributed by atoms with Crippen molar-refractivity contribution in [1.29, 1.82) is 0 Å². The fourth-order valence-corrected chi connectivity index (χ4v) is 2.02. The van der Waals surface area contributed by atoms with Crippen LogP contribution in [0.25, 0.3) is 5.70 Å². The van der Waals surface area contributed by atoms with Gasteiger partial charge in [-0.15, -0.1) is 0 Å². The summed E-state index contributed by atoms with van der Waals surface area (Å²) in [6, 6.07) is 6.26. The van der Waals surface area contributed by atoms with E-state index in [1.165, 1.54) is 25.4 Å². The van der Waals surface area contributed by atoms with Crippen molar-refractivity contribution in [3.8, 4) is 11.6 Å². The number of aryl methyl sites for hydroxylation is 1. The van der Waals surface area contributed by atoms with Gasteiger partial charge in [-0.25, -0.2) is 4.98 Å². The van der Waals surface area contributed by atoms with E-state index in [0.717, 1.165) is 5.69 Å². The molecule has 0 saturated carbocycles. The third-order valence-electron chi connectivity index (χ3n) is 3.70. The molecule has 150 valence electrons. The molecule has 0 fully saturated rings. The van der Waals surface area contributed by atoms with E-state index in [1.54, 1.807) is 30.5 Å². The Morgan fingerprint density at radius 3 is 2.45 bits per heavy atom. The van der Waals surface area contributed by atoms with Gasteiger partial charge in [0.2, 0.25) is 11.8 Å². The first-order valence-corrected chi connectivity index (χ1v) is 8.61. The Labute approximate surface area is 168 Å². The number of carbonyl (C=O) groups is 2. The van der Waals surface area contributed by atoms with Crippen molar-refractivity contribution in [1.82, 2.24) is 15.3 Å². The molecule has 2 rings (SSSR count). The molecular weight excluding hydrogens is 372 g/mol. The molecule has 0 aliphatic heterocycles. The molecule has 0 bridgehead atoms. The Kier molecular flexibility index (Phi) is 7.19. The van der Waals surface area contributed by atoms with Gasteiger partial charge in [-0.05, 0) is 49.8 Å². The van der Waals surface area contributed by atoms with E-state index in [4.69, 9.17) is 16.2 Å². The summed E-state index contributed by atoms with van der Waals surface area (Å²) in [5.74, 6) is -0.338. The molecular formula is C20H22N6O3. The van der Waals surface area contributed by atoms with Crippen LogP contribution in [0.1, 0.15) is 18.2 Å². The molecule has 2 aromatic rings. The summed E-state index contributed by atoms with van der Waals surface area (Å²) < 4.78 is 5.62. The number of hydrogen-bond acceptors (Lipinski definition) is 7. The maximum absolute atomic E-state index is 11.6. The highest BCUT2D eigenvalue weighted by Gasteiger charge is 2.08. The summed E-state index contributed by atoms with van der Waals surface area (Å²) in [4.78, 5) is 34.7. The van der Waals surface area contributed by atoms with E-state index in [2.05, 4.69) is 26.9 Å². The van der Waals surface area contributed by atoms with Crippen LogP contribution in [-0.4, -0.2) is 34.0 Å². The van der Waals surface area contributed by atoms with Crippen LogP contribution in [0.2, 0.25) is 0 Å². The zero-order chi connectivity index (χ0) is 21.4.